The first-order chi connectivity index (χ1) is 12.7. The van der Waals surface area contributed by atoms with E-state index in [1.807, 2.05) is 6.07 Å². The summed E-state index contributed by atoms with van der Waals surface area (Å²) in [5.41, 5.74) is 7.37. The van der Waals surface area contributed by atoms with E-state index >= 15 is 0 Å². The van der Waals surface area contributed by atoms with Crippen LogP contribution in [0.2, 0.25) is 5.28 Å². The van der Waals surface area contributed by atoms with Crippen LogP contribution >= 0.6 is 27.5 Å². The van der Waals surface area contributed by atoms with E-state index in [1.54, 1.807) is 6.20 Å². The standard InChI is InChI=1S/C13H8BrClN2.C9H8/c14-11-7-16-13(15)17-12(11)10-6-5-8-3-1-2-4-9(8)10;1-2-5-9-7-3-6-8(9)4-1/h1-4,6-7H,5H2;1-6H,7H2. The second-order valence-electron chi connectivity index (χ2n) is 6.12. The third-order valence-corrected chi connectivity index (χ3v) is 5.26. The molecule has 2 aromatic carbocycles. The van der Waals surface area contributed by atoms with Crippen molar-refractivity contribution in [2.45, 2.75) is 12.8 Å². The van der Waals surface area contributed by atoms with Crippen molar-refractivity contribution in [3.8, 4) is 0 Å². The number of hydrogen-bond donors (Lipinski definition) is 0. The zero-order chi connectivity index (χ0) is 17.9. The van der Waals surface area contributed by atoms with Crippen molar-refractivity contribution >= 4 is 39.2 Å². The second-order valence-corrected chi connectivity index (χ2v) is 7.31. The van der Waals surface area contributed by atoms with Gasteiger partial charge in [-0.2, -0.15) is 0 Å². The number of halogens is 2. The predicted octanol–water partition coefficient (Wildman–Crippen LogP) is 6.14. The van der Waals surface area contributed by atoms with Crippen molar-refractivity contribution < 1.29 is 0 Å². The molecule has 5 rings (SSSR count). The monoisotopic (exact) mass is 422 g/mol. The molecule has 0 radical (unpaired) electrons. The Bertz CT molecular complexity index is 1020. The van der Waals surface area contributed by atoms with Gasteiger partial charge in [-0.3, -0.25) is 0 Å². The number of fused-ring (bicyclic) bond motifs is 2. The Morgan fingerprint density at radius 1 is 0.923 bits per heavy atom. The zero-order valence-electron chi connectivity index (χ0n) is 14.0. The highest BCUT2D eigenvalue weighted by atomic mass is 79.9. The lowest BCUT2D eigenvalue weighted by molar-refractivity contribution is 1.13. The fourth-order valence-electron chi connectivity index (χ4n) is 3.24. The molecule has 0 saturated carbocycles. The van der Waals surface area contributed by atoms with Gasteiger partial charge in [0.2, 0.25) is 5.28 Å². The zero-order valence-corrected chi connectivity index (χ0v) is 16.3. The van der Waals surface area contributed by atoms with Crippen molar-refractivity contribution in [2.24, 2.45) is 0 Å². The van der Waals surface area contributed by atoms with E-state index < -0.39 is 0 Å². The van der Waals surface area contributed by atoms with Crippen LogP contribution in [0.25, 0.3) is 11.6 Å². The molecule has 0 amide bonds. The molecule has 0 fully saturated rings. The summed E-state index contributed by atoms with van der Waals surface area (Å²) >= 11 is 9.32. The fourth-order valence-corrected chi connectivity index (χ4v) is 3.78. The SMILES string of the molecule is C1=Cc2ccccc2C1.Clc1ncc(Br)c(C2=CCc3ccccc32)n1. The molecular formula is C22H16BrClN2. The van der Waals surface area contributed by atoms with E-state index in [0.29, 0.717) is 0 Å². The molecule has 0 N–H and O–H groups in total. The molecule has 0 saturated heterocycles. The highest BCUT2D eigenvalue weighted by Crippen LogP contribution is 2.34. The smallest absolute Gasteiger partial charge is 0.222 e. The van der Waals surface area contributed by atoms with Crippen LogP contribution in [0.1, 0.15) is 27.9 Å². The fraction of sp³-hybridized carbons (Fsp3) is 0.0909. The lowest BCUT2D eigenvalue weighted by Gasteiger charge is -2.07. The Labute approximate surface area is 166 Å². The van der Waals surface area contributed by atoms with Crippen LogP contribution in [-0.4, -0.2) is 9.97 Å². The first kappa shape index (κ1) is 17.2. The normalized spacial score (nSPS) is 13.5. The second kappa shape index (κ2) is 7.56. The molecule has 0 unspecified atom stereocenters. The van der Waals surface area contributed by atoms with Gasteiger partial charge in [-0.05, 0) is 62.6 Å². The first-order valence-corrected chi connectivity index (χ1v) is 9.61. The molecular weight excluding hydrogens is 408 g/mol. The van der Waals surface area contributed by atoms with Gasteiger partial charge in [0.25, 0.3) is 0 Å². The maximum absolute atomic E-state index is 5.85. The summed E-state index contributed by atoms with van der Waals surface area (Å²) in [5.74, 6) is 0. The molecule has 1 aromatic heterocycles. The van der Waals surface area contributed by atoms with Crippen LogP contribution in [0, 0.1) is 0 Å². The lowest BCUT2D eigenvalue weighted by atomic mass is 10.0. The van der Waals surface area contributed by atoms with E-state index in [1.165, 1.54) is 22.3 Å². The van der Waals surface area contributed by atoms with Gasteiger partial charge in [-0.15, -0.1) is 0 Å². The highest BCUT2D eigenvalue weighted by molar-refractivity contribution is 9.10. The average Bonchev–Trinajstić information content (AvgIpc) is 3.31. The molecule has 3 aromatic rings. The summed E-state index contributed by atoms with van der Waals surface area (Å²) in [6.07, 6.45) is 10.3. The molecule has 0 aliphatic heterocycles. The minimum absolute atomic E-state index is 0.272. The van der Waals surface area contributed by atoms with Gasteiger partial charge in [-0.25, -0.2) is 9.97 Å². The number of nitrogens with zero attached hydrogens (tertiary/aromatic N) is 2. The Morgan fingerprint density at radius 2 is 1.69 bits per heavy atom. The molecule has 1 heterocycles. The summed E-state index contributed by atoms with van der Waals surface area (Å²) in [4.78, 5) is 8.24. The molecule has 4 heteroatoms. The molecule has 2 aliphatic rings. The Balaban J connectivity index is 0.000000157. The van der Waals surface area contributed by atoms with Crippen LogP contribution in [0.4, 0.5) is 0 Å². The van der Waals surface area contributed by atoms with Crippen LogP contribution in [0.3, 0.4) is 0 Å². The molecule has 128 valence electrons. The van der Waals surface area contributed by atoms with Gasteiger partial charge < -0.3 is 0 Å². The molecule has 0 bridgehead atoms. The van der Waals surface area contributed by atoms with Gasteiger partial charge in [0, 0.05) is 11.8 Å². The van der Waals surface area contributed by atoms with Crippen molar-refractivity contribution in [3.63, 3.8) is 0 Å². The Hall–Kier alpha value is -2.23. The largest absolute Gasteiger partial charge is 0.225 e. The molecule has 0 atom stereocenters. The third kappa shape index (κ3) is 3.50. The van der Waals surface area contributed by atoms with E-state index in [-0.39, 0.29) is 5.28 Å². The Kier molecular flexibility index (Phi) is 5.00. The molecule has 26 heavy (non-hydrogen) atoms. The number of rotatable bonds is 1. The minimum Gasteiger partial charge on any atom is -0.225 e. The van der Waals surface area contributed by atoms with E-state index in [0.717, 1.165) is 28.6 Å². The summed E-state index contributed by atoms with van der Waals surface area (Å²) in [6.45, 7) is 0. The first-order valence-electron chi connectivity index (χ1n) is 8.43. The highest BCUT2D eigenvalue weighted by Gasteiger charge is 2.18. The van der Waals surface area contributed by atoms with Crippen molar-refractivity contribution in [1.29, 1.82) is 0 Å². The summed E-state index contributed by atoms with van der Waals surface area (Å²) < 4.78 is 0.866. The average molecular weight is 424 g/mol. The summed E-state index contributed by atoms with van der Waals surface area (Å²) in [7, 11) is 0. The van der Waals surface area contributed by atoms with E-state index in [2.05, 4.69) is 86.6 Å². The van der Waals surface area contributed by atoms with Crippen molar-refractivity contribution in [2.75, 3.05) is 0 Å². The topological polar surface area (TPSA) is 25.8 Å². The molecule has 2 aliphatic carbocycles. The third-order valence-electron chi connectivity index (χ3n) is 4.49. The maximum Gasteiger partial charge on any atom is 0.222 e. The Morgan fingerprint density at radius 3 is 2.54 bits per heavy atom. The predicted molar refractivity (Wildman–Crippen MR) is 111 cm³/mol. The van der Waals surface area contributed by atoms with Gasteiger partial charge in [-0.1, -0.05) is 66.8 Å². The van der Waals surface area contributed by atoms with Crippen LogP contribution < -0.4 is 0 Å². The summed E-state index contributed by atoms with van der Waals surface area (Å²) in [5, 5.41) is 0.272. The number of aromatic nitrogens is 2. The number of allylic oxidation sites excluding steroid dienone is 2. The van der Waals surface area contributed by atoms with Gasteiger partial charge in [0.1, 0.15) is 0 Å². The van der Waals surface area contributed by atoms with Crippen molar-refractivity contribution in [1.82, 2.24) is 9.97 Å². The van der Waals surface area contributed by atoms with Crippen LogP contribution in [-0.2, 0) is 12.8 Å². The van der Waals surface area contributed by atoms with Crippen LogP contribution in [0.5, 0.6) is 0 Å². The van der Waals surface area contributed by atoms with E-state index in [9.17, 15) is 0 Å². The summed E-state index contributed by atoms with van der Waals surface area (Å²) in [6, 6.07) is 16.8. The quantitative estimate of drug-likeness (QED) is 0.440. The van der Waals surface area contributed by atoms with E-state index in [4.69, 9.17) is 11.6 Å². The lowest BCUT2D eigenvalue weighted by Crippen LogP contribution is -1.94. The number of benzene rings is 2. The minimum atomic E-state index is 0.272. The number of hydrogen-bond acceptors (Lipinski definition) is 2. The van der Waals surface area contributed by atoms with Crippen molar-refractivity contribution in [3.05, 3.63) is 105 Å². The maximum atomic E-state index is 5.85. The van der Waals surface area contributed by atoms with Gasteiger partial charge in [0.15, 0.2) is 0 Å². The molecule has 0 spiro atoms. The molecule has 2 nitrogen and oxygen atoms in total. The van der Waals surface area contributed by atoms with Gasteiger partial charge in [0.05, 0.1) is 10.2 Å². The van der Waals surface area contributed by atoms with Gasteiger partial charge >= 0.3 is 0 Å². The van der Waals surface area contributed by atoms with Crippen LogP contribution in [0.15, 0.2) is 71.4 Å².